The second kappa shape index (κ2) is 7.07. The minimum atomic E-state index is 0.282. The molecule has 2 bridgehead atoms. The molecule has 5 nitrogen and oxygen atoms in total. The zero-order valence-corrected chi connectivity index (χ0v) is 13.2. The minimum absolute atomic E-state index is 0.282. The zero-order valence-electron chi connectivity index (χ0n) is 13.2. The van der Waals surface area contributed by atoms with Crippen molar-refractivity contribution in [3.8, 4) is 0 Å². The van der Waals surface area contributed by atoms with Gasteiger partial charge in [-0.05, 0) is 52.2 Å². The Bertz CT molecular complexity index is 357. The van der Waals surface area contributed by atoms with E-state index >= 15 is 0 Å². The van der Waals surface area contributed by atoms with Gasteiger partial charge in [0.2, 0.25) is 5.91 Å². The minimum Gasteiger partial charge on any atom is -0.378 e. The van der Waals surface area contributed by atoms with Crippen LogP contribution in [-0.2, 0) is 9.53 Å². The quantitative estimate of drug-likeness (QED) is 0.835. The predicted molar refractivity (Wildman–Crippen MR) is 82.2 cm³/mol. The fourth-order valence-electron chi connectivity index (χ4n) is 3.97. The van der Waals surface area contributed by atoms with Crippen LogP contribution in [0.5, 0.6) is 0 Å². The summed E-state index contributed by atoms with van der Waals surface area (Å²) >= 11 is 0. The number of rotatable bonds is 4. The predicted octanol–water partition coefficient (Wildman–Crippen LogP) is 0.840. The Labute approximate surface area is 128 Å². The highest BCUT2D eigenvalue weighted by Gasteiger charge is 2.35. The SMILES string of the molecule is CN1C2CCC1CN(C(=O)CCOC1CCNCC1)CC2. The van der Waals surface area contributed by atoms with Crippen molar-refractivity contribution in [1.29, 1.82) is 0 Å². The second-order valence-electron chi connectivity index (χ2n) is 6.75. The molecule has 3 aliphatic rings. The lowest BCUT2D eigenvalue weighted by atomic mass is 10.1. The van der Waals surface area contributed by atoms with Gasteiger partial charge in [0, 0.05) is 25.2 Å². The van der Waals surface area contributed by atoms with Gasteiger partial charge in [0.25, 0.3) is 0 Å². The number of likely N-dealkylation sites (tertiary alicyclic amines) is 1. The average molecular weight is 295 g/mol. The number of piperidine rings is 1. The molecule has 0 radical (unpaired) electrons. The summed E-state index contributed by atoms with van der Waals surface area (Å²) in [4.78, 5) is 17.0. The number of nitrogens with zero attached hydrogens (tertiary/aromatic N) is 2. The normalized spacial score (nSPS) is 31.4. The lowest BCUT2D eigenvalue weighted by Crippen LogP contribution is -2.40. The van der Waals surface area contributed by atoms with Crippen molar-refractivity contribution in [2.75, 3.05) is 39.8 Å². The Morgan fingerprint density at radius 2 is 1.90 bits per heavy atom. The molecular weight excluding hydrogens is 266 g/mol. The zero-order chi connectivity index (χ0) is 14.7. The van der Waals surface area contributed by atoms with Crippen LogP contribution in [0.4, 0.5) is 0 Å². The van der Waals surface area contributed by atoms with Crippen molar-refractivity contribution < 1.29 is 9.53 Å². The number of hydrogen-bond donors (Lipinski definition) is 1. The van der Waals surface area contributed by atoms with Crippen molar-refractivity contribution in [3.05, 3.63) is 0 Å². The van der Waals surface area contributed by atoms with Crippen LogP contribution < -0.4 is 5.32 Å². The van der Waals surface area contributed by atoms with Gasteiger partial charge >= 0.3 is 0 Å². The van der Waals surface area contributed by atoms with Crippen molar-refractivity contribution >= 4 is 5.91 Å². The maximum absolute atomic E-state index is 12.4. The van der Waals surface area contributed by atoms with Crippen LogP contribution >= 0.6 is 0 Å². The highest BCUT2D eigenvalue weighted by Crippen LogP contribution is 2.28. The average Bonchev–Trinajstić information content (AvgIpc) is 2.73. The van der Waals surface area contributed by atoms with Crippen LogP contribution in [0.25, 0.3) is 0 Å². The lowest BCUT2D eigenvalue weighted by Gasteiger charge is -2.27. The van der Waals surface area contributed by atoms with Gasteiger partial charge in [-0.3, -0.25) is 9.69 Å². The van der Waals surface area contributed by atoms with Crippen LogP contribution in [0.1, 0.15) is 38.5 Å². The van der Waals surface area contributed by atoms with Gasteiger partial charge in [-0.2, -0.15) is 0 Å². The first-order valence-electron chi connectivity index (χ1n) is 8.56. The molecule has 1 N–H and O–H groups in total. The van der Waals surface area contributed by atoms with Gasteiger partial charge in [0.05, 0.1) is 19.1 Å². The number of carbonyl (C=O) groups is 1. The van der Waals surface area contributed by atoms with Gasteiger partial charge in [-0.1, -0.05) is 0 Å². The standard InChI is InChI=1S/C16H29N3O2/c1-18-13-2-3-14(18)12-19(10-6-13)16(20)7-11-21-15-4-8-17-9-5-15/h13-15,17H,2-12H2,1H3. The molecule has 0 aromatic rings. The van der Waals surface area contributed by atoms with Crippen LogP contribution in [-0.4, -0.2) is 73.7 Å². The molecule has 0 saturated carbocycles. The van der Waals surface area contributed by atoms with Gasteiger partial charge in [-0.25, -0.2) is 0 Å². The summed E-state index contributed by atoms with van der Waals surface area (Å²) in [5, 5.41) is 3.33. The van der Waals surface area contributed by atoms with E-state index in [4.69, 9.17) is 4.74 Å². The van der Waals surface area contributed by atoms with Crippen LogP contribution in [0.15, 0.2) is 0 Å². The molecule has 0 aromatic heterocycles. The number of ether oxygens (including phenoxy) is 1. The third kappa shape index (κ3) is 3.76. The van der Waals surface area contributed by atoms with Crippen molar-refractivity contribution in [2.45, 2.75) is 56.7 Å². The topological polar surface area (TPSA) is 44.8 Å². The van der Waals surface area contributed by atoms with E-state index < -0.39 is 0 Å². The first kappa shape index (κ1) is 15.3. The maximum Gasteiger partial charge on any atom is 0.224 e. The summed E-state index contributed by atoms with van der Waals surface area (Å²) < 4.78 is 5.86. The fourth-order valence-corrected chi connectivity index (χ4v) is 3.97. The molecule has 0 aliphatic carbocycles. The van der Waals surface area contributed by atoms with E-state index in [2.05, 4.69) is 22.2 Å². The number of fused-ring (bicyclic) bond motifs is 2. The van der Waals surface area contributed by atoms with Crippen molar-refractivity contribution in [3.63, 3.8) is 0 Å². The molecule has 120 valence electrons. The second-order valence-corrected chi connectivity index (χ2v) is 6.75. The Morgan fingerprint density at radius 1 is 1.14 bits per heavy atom. The fraction of sp³-hybridized carbons (Fsp3) is 0.938. The first-order valence-corrected chi connectivity index (χ1v) is 8.56. The Morgan fingerprint density at radius 3 is 2.71 bits per heavy atom. The van der Waals surface area contributed by atoms with Gasteiger partial charge in [0.15, 0.2) is 0 Å². The van der Waals surface area contributed by atoms with E-state index in [1.54, 1.807) is 0 Å². The molecule has 5 heteroatoms. The summed E-state index contributed by atoms with van der Waals surface area (Å²) in [6.45, 7) is 4.51. The molecule has 3 saturated heterocycles. The van der Waals surface area contributed by atoms with Gasteiger partial charge in [0.1, 0.15) is 0 Å². The molecule has 21 heavy (non-hydrogen) atoms. The molecule has 3 rings (SSSR count). The summed E-state index contributed by atoms with van der Waals surface area (Å²) in [7, 11) is 2.22. The molecule has 2 atom stereocenters. The van der Waals surface area contributed by atoms with E-state index in [-0.39, 0.29) is 5.91 Å². The third-order valence-electron chi connectivity index (χ3n) is 5.46. The summed E-state index contributed by atoms with van der Waals surface area (Å²) in [5.41, 5.74) is 0. The van der Waals surface area contributed by atoms with E-state index in [9.17, 15) is 4.79 Å². The van der Waals surface area contributed by atoms with Crippen molar-refractivity contribution in [1.82, 2.24) is 15.1 Å². The van der Waals surface area contributed by atoms with Crippen LogP contribution in [0.3, 0.4) is 0 Å². The largest absolute Gasteiger partial charge is 0.378 e. The summed E-state index contributed by atoms with van der Waals surface area (Å²) in [6.07, 6.45) is 6.74. The molecular formula is C16H29N3O2. The summed E-state index contributed by atoms with van der Waals surface area (Å²) in [6, 6.07) is 1.27. The molecule has 2 unspecified atom stereocenters. The van der Waals surface area contributed by atoms with Gasteiger partial charge < -0.3 is 15.0 Å². The van der Waals surface area contributed by atoms with Gasteiger partial charge in [-0.15, -0.1) is 0 Å². The monoisotopic (exact) mass is 295 g/mol. The number of amides is 1. The highest BCUT2D eigenvalue weighted by atomic mass is 16.5. The number of likely N-dealkylation sites (N-methyl/N-ethyl adjacent to an activating group) is 1. The van der Waals surface area contributed by atoms with E-state index in [1.807, 2.05) is 0 Å². The van der Waals surface area contributed by atoms with Crippen LogP contribution in [0.2, 0.25) is 0 Å². The molecule has 3 aliphatic heterocycles. The Balaban J connectivity index is 1.40. The van der Waals surface area contributed by atoms with E-state index in [1.165, 1.54) is 12.8 Å². The smallest absolute Gasteiger partial charge is 0.224 e. The molecule has 0 spiro atoms. The Hall–Kier alpha value is -0.650. The van der Waals surface area contributed by atoms with E-state index in [0.29, 0.717) is 31.2 Å². The molecule has 1 amide bonds. The number of carbonyl (C=O) groups excluding carboxylic acids is 1. The molecule has 3 fully saturated rings. The molecule has 3 heterocycles. The highest BCUT2D eigenvalue weighted by molar-refractivity contribution is 5.76. The third-order valence-corrected chi connectivity index (χ3v) is 5.46. The molecule has 0 aromatic carbocycles. The Kier molecular flexibility index (Phi) is 5.14. The number of nitrogens with one attached hydrogen (secondary N) is 1. The van der Waals surface area contributed by atoms with Crippen molar-refractivity contribution in [2.24, 2.45) is 0 Å². The maximum atomic E-state index is 12.4. The van der Waals surface area contributed by atoms with Crippen LogP contribution in [0, 0.1) is 0 Å². The summed E-state index contributed by atoms with van der Waals surface area (Å²) in [5.74, 6) is 0.282. The van der Waals surface area contributed by atoms with E-state index in [0.717, 1.165) is 45.4 Å². The number of hydrogen-bond acceptors (Lipinski definition) is 4. The lowest BCUT2D eigenvalue weighted by molar-refractivity contribution is -0.133. The first-order chi connectivity index (χ1) is 10.2.